The average Bonchev–Trinajstić information content (AvgIpc) is 3.20. The molecule has 0 saturated carbocycles. The van der Waals surface area contributed by atoms with Gasteiger partial charge in [0.05, 0.1) is 24.0 Å². The Bertz CT molecular complexity index is 814. The number of pyridine rings is 1. The number of likely N-dealkylation sites (tertiary alicyclic amines) is 1. The summed E-state index contributed by atoms with van der Waals surface area (Å²) in [5.74, 6) is -0.00122. The van der Waals surface area contributed by atoms with E-state index in [-0.39, 0.29) is 24.4 Å². The van der Waals surface area contributed by atoms with Crippen LogP contribution in [0.25, 0.3) is 0 Å². The molecule has 0 unspecified atom stereocenters. The van der Waals surface area contributed by atoms with Gasteiger partial charge in [0.2, 0.25) is 11.8 Å². The number of carbonyl (C=O) groups excluding carboxylic acids is 2. The van der Waals surface area contributed by atoms with Crippen LogP contribution in [0.4, 0.5) is 0 Å². The van der Waals surface area contributed by atoms with Crippen LogP contribution in [0.5, 0.6) is 0 Å². The van der Waals surface area contributed by atoms with E-state index in [9.17, 15) is 9.59 Å². The van der Waals surface area contributed by atoms with Gasteiger partial charge in [0.1, 0.15) is 6.54 Å². The quantitative estimate of drug-likeness (QED) is 0.888. The van der Waals surface area contributed by atoms with Crippen molar-refractivity contribution in [1.29, 1.82) is 0 Å². The molecular weight excluding hydrogens is 330 g/mol. The van der Waals surface area contributed by atoms with E-state index in [2.05, 4.69) is 15.4 Å². The summed E-state index contributed by atoms with van der Waals surface area (Å²) in [5.41, 5.74) is 3.79. The Morgan fingerprint density at radius 2 is 2.12 bits per heavy atom. The largest absolute Gasteiger partial charge is 0.351 e. The summed E-state index contributed by atoms with van der Waals surface area (Å²) < 4.78 is 1.77. The molecule has 7 heteroatoms. The molecule has 2 amide bonds. The zero-order valence-electron chi connectivity index (χ0n) is 15.5. The Labute approximate surface area is 153 Å². The van der Waals surface area contributed by atoms with E-state index >= 15 is 0 Å². The van der Waals surface area contributed by atoms with Crippen LogP contribution in [-0.2, 0) is 22.7 Å². The number of aromatic nitrogens is 3. The van der Waals surface area contributed by atoms with E-state index < -0.39 is 0 Å². The molecule has 26 heavy (non-hydrogen) atoms. The van der Waals surface area contributed by atoms with Gasteiger partial charge < -0.3 is 10.2 Å². The first-order valence-electron chi connectivity index (χ1n) is 8.94. The van der Waals surface area contributed by atoms with Crippen LogP contribution in [0.3, 0.4) is 0 Å². The minimum absolute atomic E-state index is 0.0542. The Kier molecular flexibility index (Phi) is 5.35. The van der Waals surface area contributed by atoms with Crippen LogP contribution in [0, 0.1) is 13.8 Å². The molecule has 0 bridgehead atoms. The van der Waals surface area contributed by atoms with Crippen molar-refractivity contribution in [2.24, 2.45) is 0 Å². The first-order valence-corrected chi connectivity index (χ1v) is 8.94. The fourth-order valence-electron chi connectivity index (χ4n) is 3.48. The minimum atomic E-state index is -0.0836. The van der Waals surface area contributed by atoms with Crippen LogP contribution >= 0.6 is 0 Å². The third-order valence-electron chi connectivity index (χ3n) is 4.71. The molecule has 1 fully saturated rings. The molecule has 138 valence electrons. The monoisotopic (exact) mass is 355 g/mol. The lowest BCUT2D eigenvalue weighted by atomic mass is 10.0. The molecule has 2 aromatic heterocycles. The SMILES string of the molecule is CC(=O)NCc1cc([C@H]2CCCN2C(=O)Cn2nc(C)cc2C)ccn1. The van der Waals surface area contributed by atoms with Gasteiger partial charge in [-0.2, -0.15) is 5.10 Å². The number of nitrogens with one attached hydrogen (secondary N) is 1. The smallest absolute Gasteiger partial charge is 0.244 e. The Balaban J connectivity index is 1.73. The maximum absolute atomic E-state index is 12.9. The van der Waals surface area contributed by atoms with Crippen molar-refractivity contribution in [3.8, 4) is 0 Å². The number of hydrogen-bond acceptors (Lipinski definition) is 4. The highest BCUT2D eigenvalue weighted by Crippen LogP contribution is 2.32. The van der Waals surface area contributed by atoms with Crippen LogP contribution in [0.15, 0.2) is 24.4 Å². The van der Waals surface area contributed by atoms with E-state index in [0.29, 0.717) is 6.54 Å². The Morgan fingerprint density at radius 3 is 2.81 bits per heavy atom. The molecule has 1 atom stereocenters. The highest BCUT2D eigenvalue weighted by atomic mass is 16.2. The maximum atomic E-state index is 12.9. The van der Waals surface area contributed by atoms with Crippen molar-refractivity contribution in [3.63, 3.8) is 0 Å². The molecule has 3 rings (SSSR count). The summed E-state index contributed by atoms with van der Waals surface area (Å²) in [6, 6.07) is 5.97. The lowest BCUT2D eigenvalue weighted by Crippen LogP contribution is -2.34. The molecule has 0 spiro atoms. The van der Waals surface area contributed by atoms with E-state index in [4.69, 9.17) is 0 Å². The summed E-state index contributed by atoms with van der Waals surface area (Å²) in [7, 11) is 0. The number of rotatable bonds is 5. The summed E-state index contributed by atoms with van der Waals surface area (Å²) in [5, 5.41) is 7.15. The topological polar surface area (TPSA) is 80.1 Å². The van der Waals surface area contributed by atoms with Gasteiger partial charge in [-0.3, -0.25) is 19.3 Å². The number of hydrogen-bond donors (Lipinski definition) is 1. The molecule has 7 nitrogen and oxygen atoms in total. The molecule has 2 aromatic rings. The van der Waals surface area contributed by atoms with E-state index in [1.54, 1.807) is 10.9 Å². The van der Waals surface area contributed by atoms with Crippen LogP contribution in [0.1, 0.15) is 48.5 Å². The van der Waals surface area contributed by atoms with Gasteiger partial charge in [-0.15, -0.1) is 0 Å². The van der Waals surface area contributed by atoms with Crippen molar-refractivity contribution in [2.75, 3.05) is 6.54 Å². The molecular formula is C19H25N5O2. The molecule has 0 radical (unpaired) electrons. The van der Waals surface area contributed by atoms with E-state index in [1.807, 2.05) is 36.9 Å². The number of carbonyl (C=O) groups is 2. The van der Waals surface area contributed by atoms with E-state index in [0.717, 1.165) is 42.0 Å². The van der Waals surface area contributed by atoms with Crippen molar-refractivity contribution >= 4 is 11.8 Å². The lowest BCUT2D eigenvalue weighted by Gasteiger charge is -2.25. The van der Waals surface area contributed by atoms with Gasteiger partial charge in [-0.1, -0.05) is 0 Å². The number of nitrogens with zero attached hydrogens (tertiary/aromatic N) is 4. The molecule has 1 saturated heterocycles. The first kappa shape index (κ1) is 18.1. The second-order valence-corrected chi connectivity index (χ2v) is 6.82. The first-order chi connectivity index (χ1) is 12.4. The zero-order valence-corrected chi connectivity index (χ0v) is 15.5. The summed E-state index contributed by atoms with van der Waals surface area (Å²) in [6.07, 6.45) is 3.66. The predicted molar refractivity (Wildman–Crippen MR) is 97.1 cm³/mol. The predicted octanol–water partition coefficient (Wildman–Crippen LogP) is 1.89. The summed E-state index contributed by atoms with van der Waals surface area (Å²) >= 11 is 0. The van der Waals surface area contributed by atoms with Gasteiger partial charge in [-0.05, 0) is 50.5 Å². The van der Waals surface area contributed by atoms with Crippen LogP contribution in [0.2, 0.25) is 0 Å². The standard InChI is InChI=1S/C19H25N5O2/c1-13-9-14(2)24(22-13)12-19(26)23-8-4-5-18(23)16-6-7-20-17(10-16)11-21-15(3)25/h6-7,9-10,18H,4-5,8,11-12H2,1-3H3,(H,21,25)/t18-/m1/s1. The third kappa shape index (κ3) is 4.09. The molecule has 0 aliphatic carbocycles. The van der Waals surface area contributed by atoms with E-state index in [1.165, 1.54) is 6.92 Å². The maximum Gasteiger partial charge on any atom is 0.244 e. The van der Waals surface area contributed by atoms with Gasteiger partial charge in [-0.25, -0.2) is 0 Å². The number of aryl methyl sites for hydroxylation is 2. The molecule has 1 aliphatic heterocycles. The molecule has 0 aromatic carbocycles. The third-order valence-corrected chi connectivity index (χ3v) is 4.71. The lowest BCUT2D eigenvalue weighted by molar-refractivity contribution is -0.133. The molecule has 1 N–H and O–H groups in total. The highest BCUT2D eigenvalue weighted by molar-refractivity contribution is 5.77. The molecule has 1 aliphatic rings. The highest BCUT2D eigenvalue weighted by Gasteiger charge is 2.30. The van der Waals surface area contributed by atoms with Gasteiger partial charge in [0.25, 0.3) is 0 Å². The normalized spacial score (nSPS) is 16.7. The van der Waals surface area contributed by atoms with Gasteiger partial charge >= 0.3 is 0 Å². The van der Waals surface area contributed by atoms with Crippen molar-refractivity contribution < 1.29 is 9.59 Å². The fraction of sp³-hybridized carbons (Fsp3) is 0.474. The Hall–Kier alpha value is -2.70. The van der Waals surface area contributed by atoms with Crippen molar-refractivity contribution in [3.05, 3.63) is 47.0 Å². The Morgan fingerprint density at radius 1 is 1.31 bits per heavy atom. The zero-order chi connectivity index (χ0) is 18.7. The fourth-order valence-corrected chi connectivity index (χ4v) is 3.48. The second kappa shape index (κ2) is 7.68. The second-order valence-electron chi connectivity index (χ2n) is 6.82. The minimum Gasteiger partial charge on any atom is -0.351 e. The van der Waals surface area contributed by atoms with Crippen LogP contribution < -0.4 is 5.32 Å². The average molecular weight is 355 g/mol. The van der Waals surface area contributed by atoms with Crippen molar-refractivity contribution in [2.45, 2.75) is 52.7 Å². The number of amides is 2. The van der Waals surface area contributed by atoms with Gasteiger partial charge in [0, 0.05) is 25.4 Å². The van der Waals surface area contributed by atoms with Crippen LogP contribution in [-0.4, -0.2) is 38.0 Å². The van der Waals surface area contributed by atoms with Crippen molar-refractivity contribution in [1.82, 2.24) is 25.0 Å². The van der Waals surface area contributed by atoms with Gasteiger partial charge in [0.15, 0.2) is 0 Å². The summed E-state index contributed by atoms with van der Waals surface area (Å²) in [4.78, 5) is 30.2. The summed E-state index contributed by atoms with van der Waals surface area (Å²) in [6.45, 7) is 6.80. The molecule has 3 heterocycles.